The number of pyridine rings is 1. The van der Waals surface area contributed by atoms with Crippen LogP contribution in [0.4, 0.5) is 5.13 Å². The largest absolute Gasteiger partial charge is 0.357 e. The molecular formula is C25H28ClN5O7S3. The Labute approximate surface area is 245 Å². The van der Waals surface area contributed by atoms with Crippen LogP contribution in [0.3, 0.4) is 0 Å². The highest BCUT2D eigenvalue weighted by atomic mass is 35.6. The lowest BCUT2D eigenvalue weighted by atomic mass is 9.96. The van der Waals surface area contributed by atoms with Crippen molar-refractivity contribution in [3.05, 3.63) is 78.1 Å². The van der Waals surface area contributed by atoms with Crippen molar-refractivity contribution in [2.24, 2.45) is 5.14 Å². The molecule has 0 spiro atoms. The van der Waals surface area contributed by atoms with Crippen molar-refractivity contribution in [3.8, 4) is 16.8 Å². The van der Waals surface area contributed by atoms with Crippen molar-refractivity contribution < 1.29 is 46.2 Å². The van der Waals surface area contributed by atoms with Crippen LogP contribution in [0.15, 0.2) is 76.0 Å². The van der Waals surface area contributed by atoms with Gasteiger partial charge >= 0.3 is 0 Å². The molecule has 0 aliphatic carbocycles. The average Bonchev–Trinajstić information content (AvgIpc) is 3.36. The second-order valence-electron chi connectivity index (χ2n) is 9.31. The number of primary sulfonamides is 1. The van der Waals surface area contributed by atoms with Crippen molar-refractivity contribution in [3.63, 3.8) is 0 Å². The van der Waals surface area contributed by atoms with Gasteiger partial charge in [-0.3, -0.25) is 4.72 Å². The molecule has 4 aromatic rings. The molecule has 0 atom stereocenters. The van der Waals surface area contributed by atoms with Gasteiger partial charge in [0.15, 0.2) is 11.4 Å². The van der Waals surface area contributed by atoms with E-state index >= 15 is 0 Å². The van der Waals surface area contributed by atoms with E-state index in [0.717, 1.165) is 28.2 Å². The molecule has 4 rings (SSSR count). The lowest BCUT2D eigenvalue weighted by Crippen LogP contribution is -2.42. The highest BCUT2D eigenvalue weighted by Crippen LogP contribution is 2.28. The SMILES string of the molecule is CC(C)c1cc(-c2ccccc2)cc(C(C)C)[n+]1-c1ccc(S(=O)(=O)Nc2nnc(S(N)(=O)=O)s2)cc1.[O-][Cl+2]([O-])[O-]. The van der Waals surface area contributed by atoms with E-state index in [1.165, 1.54) is 12.1 Å². The van der Waals surface area contributed by atoms with Crippen molar-refractivity contribution in [2.45, 2.75) is 48.8 Å². The molecule has 16 heteroatoms. The molecule has 0 unspecified atom stereocenters. The summed E-state index contributed by atoms with van der Waals surface area (Å²) in [5, 5.41) is 11.8. The van der Waals surface area contributed by atoms with E-state index in [-0.39, 0.29) is 21.9 Å². The Balaban J connectivity index is 0.00000108. The first-order chi connectivity index (χ1) is 19.1. The van der Waals surface area contributed by atoms with Crippen molar-refractivity contribution >= 4 is 36.5 Å². The Kier molecular flexibility index (Phi) is 10.5. The maximum absolute atomic E-state index is 12.9. The molecule has 12 nitrogen and oxygen atoms in total. The predicted molar refractivity (Wildman–Crippen MR) is 144 cm³/mol. The first-order valence-corrected chi connectivity index (χ1v) is 16.7. The second-order valence-corrected chi connectivity index (χ2v) is 14.1. The number of halogens is 1. The standard InChI is InChI=1S/C25H28N5O4S3.ClO3/c1-16(2)22-14-19(18-8-6-5-7-9-18)15-23(17(3)4)30(22)20-10-12-21(13-11-20)37(33,34)29-24-27-28-25(35-24)36(26,31)32;2-1(3)4/h5-17H,1-4H3,(H,27,29)(H2,26,31,32);/q+1;-1. The summed E-state index contributed by atoms with van der Waals surface area (Å²) in [5.41, 5.74) is 5.29. The highest BCUT2D eigenvalue weighted by molar-refractivity contribution is 7.93. The molecule has 0 saturated carbocycles. The lowest BCUT2D eigenvalue weighted by molar-refractivity contribution is -1.73. The van der Waals surface area contributed by atoms with E-state index in [4.69, 9.17) is 19.1 Å². The summed E-state index contributed by atoms with van der Waals surface area (Å²) in [7, 11) is -11.0. The van der Waals surface area contributed by atoms with Crippen LogP contribution in [-0.2, 0) is 20.0 Å². The number of anilines is 1. The topological polar surface area (TPSA) is 205 Å². The number of sulfonamides is 2. The number of nitrogens with two attached hydrogens (primary N) is 1. The molecule has 3 N–H and O–H groups in total. The molecule has 2 aromatic carbocycles. The van der Waals surface area contributed by atoms with Gasteiger partial charge in [-0.2, -0.15) is 4.57 Å². The average molecular weight is 642 g/mol. The van der Waals surface area contributed by atoms with E-state index in [0.29, 0.717) is 11.3 Å². The van der Waals surface area contributed by atoms with E-state index in [2.05, 4.69) is 71.4 Å². The van der Waals surface area contributed by atoms with Gasteiger partial charge in [0.05, 0.1) is 15.7 Å². The van der Waals surface area contributed by atoms with Gasteiger partial charge in [-0.15, -0.1) is 10.2 Å². The number of nitrogens with one attached hydrogen (secondary N) is 1. The molecule has 0 radical (unpaired) electrons. The minimum Gasteiger partial charge on any atom is -0.357 e. The van der Waals surface area contributed by atoms with Crippen molar-refractivity contribution in [1.29, 1.82) is 0 Å². The molecule has 0 saturated heterocycles. The minimum absolute atomic E-state index is 0.00213. The molecule has 2 aromatic heterocycles. The third-order valence-electron chi connectivity index (χ3n) is 5.69. The Morgan fingerprint density at radius 2 is 1.34 bits per heavy atom. The van der Waals surface area contributed by atoms with E-state index < -0.39 is 35.2 Å². The van der Waals surface area contributed by atoms with E-state index in [1.807, 2.05) is 18.2 Å². The van der Waals surface area contributed by atoms with Crippen LogP contribution in [0.5, 0.6) is 0 Å². The van der Waals surface area contributed by atoms with Gasteiger partial charge < -0.3 is 14.0 Å². The van der Waals surface area contributed by atoms with E-state index in [1.54, 1.807) is 12.1 Å². The Morgan fingerprint density at radius 3 is 1.78 bits per heavy atom. The summed E-state index contributed by atoms with van der Waals surface area (Å²) >= 11 is 0.542. The number of nitrogens with zero attached hydrogens (tertiary/aromatic N) is 3. The Morgan fingerprint density at radius 1 is 0.829 bits per heavy atom. The fraction of sp³-hybridized carbons (Fsp3) is 0.240. The lowest BCUT2D eigenvalue weighted by Gasteiger charge is -2.15. The number of aromatic nitrogens is 3. The number of rotatable bonds is 8. The van der Waals surface area contributed by atoms with Gasteiger partial charge in [-0.1, -0.05) is 69.4 Å². The van der Waals surface area contributed by atoms with Crippen LogP contribution < -0.4 is 28.4 Å². The normalized spacial score (nSPS) is 12.0. The first-order valence-electron chi connectivity index (χ1n) is 12.0. The zero-order valence-electron chi connectivity index (χ0n) is 22.4. The molecule has 220 valence electrons. The quantitative estimate of drug-likeness (QED) is 0.258. The third kappa shape index (κ3) is 8.50. The summed E-state index contributed by atoms with van der Waals surface area (Å²) in [4.78, 5) is 0.00213. The highest BCUT2D eigenvalue weighted by Gasteiger charge is 2.27. The molecule has 0 aliphatic heterocycles. The van der Waals surface area contributed by atoms with Gasteiger partial charge in [0, 0.05) is 36.1 Å². The molecule has 0 bridgehead atoms. The van der Waals surface area contributed by atoms with Gasteiger partial charge in [0.25, 0.3) is 20.0 Å². The van der Waals surface area contributed by atoms with Gasteiger partial charge in [0.1, 0.15) is 0 Å². The van der Waals surface area contributed by atoms with Gasteiger partial charge in [0.2, 0.25) is 15.2 Å². The molecule has 41 heavy (non-hydrogen) atoms. The number of hydrogen-bond donors (Lipinski definition) is 2. The van der Waals surface area contributed by atoms with Crippen molar-refractivity contribution in [2.75, 3.05) is 4.72 Å². The molecular weight excluding hydrogens is 614 g/mol. The van der Waals surface area contributed by atoms with Gasteiger partial charge in [-0.05, 0) is 23.3 Å². The summed E-state index contributed by atoms with van der Waals surface area (Å²) in [6.07, 6.45) is 0. The smallest absolute Gasteiger partial charge is 0.267 e. The first kappa shape index (κ1) is 32.5. The zero-order chi connectivity index (χ0) is 30.5. The summed E-state index contributed by atoms with van der Waals surface area (Å²) in [6, 6.07) is 21.1. The predicted octanol–water partition coefficient (Wildman–Crippen LogP) is 0.610. The summed E-state index contributed by atoms with van der Waals surface area (Å²) < 4.78 is 77.8. The second kappa shape index (κ2) is 13.3. The van der Waals surface area contributed by atoms with Crippen molar-refractivity contribution in [1.82, 2.24) is 10.2 Å². The fourth-order valence-electron chi connectivity index (χ4n) is 3.90. The third-order valence-corrected chi connectivity index (χ3v) is 9.32. The van der Waals surface area contributed by atoms with Crippen LogP contribution in [0.25, 0.3) is 16.8 Å². The Hall–Kier alpha value is -3.02. The zero-order valence-corrected chi connectivity index (χ0v) is 25.6. The van der Waals surface area contributed by atoms with E-state index in [9.17, 15) is 16.8 Å². The Bertz CT molecular complexity index is 1660. The van der Waals surface area contributed by atoms with Crippen LogP contribution in [0.1, 0.15) is 50.9 Å². The number of hydrogen-bond acceptors (Lipinski definition) is 10. The van der Waals surface area contributed by atoms with Crippen LogP contribution >= 0.6 is 11.3 Å². The van der Waals surface area contributed by atoms with Crippen LogP contribution in [-0.4, -0.2) is 27.0 Å². The van der Waals surface area contributed by atoms with Gasteiger partial charge in [-0.25, -0.2) is 22.0 Å². The fourth-order valence-corrected chi connectivity index (χ4v) is 6.46. The maximum Gasteiger partial charge on any atom is 0.267 e. The minimum atomic E-state index is -4.07. The van der Waals surface area contributed by atoms with Crippen LogP contribution in [0.2, 0.25) is 0 Å². The number of benzene rings is 2. The summed E-state index contributed by atoms with van der Waals surface area (Å²) in [6.45, 7) is 8.52. The maximum atomic E-state index is 12.9. The molecule has 0 amide bonds. The molecule has 0 fully saturated rings. The molecule has 2 heterocycles. The summed E-state index contributed by atoms with van der Waals surface area (Å²) in [5.74, 6) is 0.410. The monoisotopic (exact) mass is 641 g/mol. The van der Waals surface area contributed by atoms with Crippen LogP contribution in [0, 0.1) is 10.8 Å². The molecule has 0 aliphatic rings.